The third-order valence-corrected chi connectivity index (χ3v) is 4.19. The Labute approximate surface area is 141 Å². The number of carboxylic acids is 1. The molecule has 0 aromatic heterocycles. The standard InChI is InChI=1S/C18H19NO3.ClH/c1-22-17-10-14-13(9-15(17)18(20)21)7-8-19-11-16(14)12-5-3-2-4-6-12;/h2-6,9-10,16,19H,7-8,11H2,1H3,(H,20,21);1H. The van der Waals surface area contributed by atoms with Crippen LogP contribution in [0.4, 0.5) is 0 Å². The molecule has 1 heterocycles. The molecular formula is C18H20ClNO3. The molecule has 0 amide bonds. The van der Waals surface area contributed by atoms with Crippen LogP contribution in [0.15, 0.2) is 42.5 Å². The topological polar surface area (TPSA) is 58.6 Å². The lowest BCUT2D eigenvalue weighted by molar-refractivity contribution is 0.0693. The van der Waals surface area contributed by atoms with E-state index in [1.165, 1.54) is 12.7 Å². The van der Waals surface area contributed by atoms with Gasteiger partial charge in [-0.25, -0.2) is 4.79 Å². The van der Waals surface area contributed by atoms with Gasteiger partial charge in [-0.15, -0.1) is 12.4 Å². The van der Waals surface area contributed by atoms with Gasteiger partial charge in [0.05, 0.1) is 7.11 Å². The largest absolute Gasteiger partial charge is 0.496 e. The van der Waals surface area contributed by atoms with Crippen molar-refractivity contribution in [1.29, 1.82) is 0 Å². The number of aromatic carboxylic acids is 1. The van der Waals surface area contributed by atoms with Crippen LogP contribution >= 0.6 is 12.4 Å². The van der Waals surface area contributed by atoms with E-state index in [2.05, 4.69) is 17.4 Å². The van der Waals surface area contributed by atoms with Crippen LogP contribution in [0.2, 0.25) is 0 Å². The van der Waals surface area contributed by atoms with Crippen molar-refractivity contribution in [2.75, 3.05) is 20.2 Å². The van der Waals surface area contributed by atoms with Gasteiger partial charge in [-0.1, -0.05) is 30.3 Å². The van der Waals surface area contributed by atoms with E-state index in [1.54, 1.807) is 6.07 Å². The third kappa shape index (κ3) is 3.49. The summed E-state index contributed by atoms with van der Waals surface area (Å²) in [5, 5.41) is 12.8. The van der Waals surface area contributed by atoms with Gasteiger partial charge in [0.2, 0.25) is 0 Å². The van der Waals surface area contributed by atoms with E-state index < -0.39 is 5.97 Å². The minimum Gasteiger partial charge on any atom is -0.496 e. The van der Waals surface area contributed by atoms with Crippen molar-refractivity contribution in [3.05, 3.63) is 64.7 Å². The molecular weight excluding hydrogens is 314 g/mol. The fourth-order valence-corrected chi connectivity index (χ4v) is 3.08. The van der Waals surface area contributed by atoms with Crippen molar-refractivity contribution in [2.24, 2.45) is 0 Å². The molecule has 2 aromatic rings. The van der Waals surface area contributed by atoms with E-state index in [0.717, 1.165) is 30.6 Å². The van der Waals surface area contributed by atoms with E-state index in [1.807, 2.05) is 24.3 Å². The molecule has 5 heteroatoms. The van der Waals surface area contributed by atoms with Gasteiger partial charge in [0.15, 0.2) is 0 Å². The molecule has 0 radical (unpaired) electrons. The second-order valence-electron chi connectivity index (χ2n) is 5.47. The highest BCUT2D eigenvalue weighted by atomic mass is 35.5. The van der Waals surface area contributed by atoms with E-state index in [-0.39, 0.29) is 23.9 Å². The van der Waals surface area contributed by atoms with Crippen molar-refractivity contribution < 1.29 is 14.6 Å². The molecule has 0 saturated carbocycles. The van der Waals surface area contributed by atoms with Gasteiger partial charge in [0.1, 0.15) is 11.3 Å². The molecule has 2 aromatic carbocycles. The molecule has 1 unspecified atom stereocenters. The van der Waals surface area contributed by atoms with Crippen molar-refractivity contribution in [3.8, 4) is 5.75 Å². The quantitative estimate of drug-likeness (QED) is 0.906. The number of benzene rings is 2. The normalized spacial score (nSPS) is 16.7. The SMILES string of the molecule is COc1cc2c(cc1C(=O)O)CCNCC2c1ccccc1.Cl. The van der Waals surface area contributed by atoms with Crippen LogP contribution in [0.25, 0.3) is 0 Å². The van der Waals surface area contributed by atoms with Crippen molar-refractivity contribution >= 4 is 18.4 Å². The molecule has 3 rings (SSSR count). The number of ether oxygens (including phenoxy) is 1. The Morgan fingerprint density at radius 2 is 2.00 bits per heavy atom. The maximum absolute atomic E-state index is 11.4. The minimum absolute atomic E-state index is 0. The lowest BCUT2D eigenvalue weighted by Gasteiger charge is -2.20. The molecule has 23 heavy (non-hydrogen) atoms. The van der Waals surface area contributed by atoms with Gasteiger partial charge >= 0.3 is 5.97 Å². The van der Waals surface area contributed by atoms with Crippen LogP contribution < -0.4 is 10.1 Å². The highest BCUT2D eigenvalue weighted by Crippen LogP contribution is 2.34. The number of hydrogen-bond donors (Lipinski definition) is 2. The summed E-state index contributed by atoms with van der Waals surface area (Å²) >= 11 is 0. The maximum Gasteiger partial charge on any atom is 0.339 e. The summed E-state index contributed by atoms with van der Waals surface area (Å²) in [6.07, 6.45) is 0.822. The Balaban J connectivity index is 0.00000192. The highest BCUT2D eigenvalue weighted by Gasteiger charge is 2.24. The summed E-state index contributed by atoms with van der Waals surface area (Å²) in [6, 6.07) is 13.9. The fraction of sp³-hybridized carbons (Fsp3) is 0.278. The number of fused-ring (bicyclic) bond motifs is 1. The van der Waals surface area contributed by atoms with Gasteiger partial charge in [-0.3, -0.25) is 0 Å². The van der Waals surface area contributed by atoms with Gasteiger partial charge in [0.25, 0.3) is 0 Å². The first kappa shape index (κ1) is 17.3. The highest BCUT2D eigenvalue weighted by molar-refractivity contribution is 5.91. The minimum atomic E-state index is -0.951. The number of rotatable bonds is 3. The van der Waals surface area contributed by atoms with E-state index in [4.69, 9.17) is 4.74 Å². The van der Waals surface area contributed by atoms with Gasteiger partial charge in [-0.05, 0) is 41.8 Å². The molecule has 1 atom stereocenters. The number of halogens is 1. The number of hydrogen-bond acceptors (Lipinski definition) is 3. The summed E-state index contributed by atoms with van der Waals surface area (Å²) < 4.78 is 5.30. The van der Waals surface area contributed by atoms with Crippen LogP contribution in [0.1, 0.15) is 33.0 Å². The Bertz CT molecular complexity index is 688. The smallest absolute Gasteiger partial charge is 0.339 e. The Hall–Kier alpha value is -2.04. The second kappa shape index (κ2) is 7.49. The molecule has 122 valence electrons. The fourth-order valence-electron chi connectivity index (χ4n) is 3.08. The third-order valence-electron chi connectivity index (χ3n) is 4.19. The van der Waals surface area contributed by atoms with Crippen LogP contribution in [-0.4, -0.2) is 31.3 Å². The van der Waals surface area contributed by atoms with E-state index in [0.29, 0.717) is 5.75 Å². The van der Waals surface area contributed by atoms with Crippen molar-refractivity contribution in [1.82, 2.24) is 5.32 Å². The Morgan fingerprint density at radius 3 is 2.65 bits per heavy atom. The molecule has 0 saturated heterocycles. The average molecular weight is 334 g/mol. The zero-order valence-corrected chi connectivity index (χ0v) is 13.7. The number of methoxy groups -OCH3 is 1. The molecule has 0 bridgehead atoms. The molecule has 4 nitrogen and oxygen atoms in total. The van der Waals surface area contributed by atoms with Gasteiger partial charge in [-0.2, -0.15) is 0 Å². The monoisotopic (exact) mass is 333 g/mol. The average Bonchev–Trinajstić information content (AvgIpc) is 2.76. The molecule has 2 N–H and O–H groups in total. The summed E-state index contributed by atoms with van der Waals surface area (Å²) in [7, 11) is 1.51. The first-order valence-electron chi connectivity index (χ1n) is 7.40. The predicted octanol–water partition coefficient (Wildman–Crippen LogP) is 3.09. The van der Waals surface area contributed by atoms with Crippen LogP contribution in [0.3, 0.4) is 0 Å². The summed E-state index contributed by atoms with van der Waals surface area (Å²) in [5.74, 6) is -0.322. The van der Waals surface area contributed by atoms with Crippen LogP contribution in [0.5, 0.6) is 5.75 Å². The van der Waals surface area contributed by atoms with E-state index in [9.17, 15) is 9.90 Å². The zero-order chi connectivity index (χ0) is 15.5. The Kier molecular flexibility index (Phi) is 5.64. The number of carboxylic acid groups (broad SMARTS) is 1. The molecule has 0 aliphatic carbocycles. The second-order valence-corrected chi connectivity index (χ2v) is 5.47. The lowest BCUT2D eigenvalue weighted by atomic mass is 9.87. The van der Waals surface area contributed by atoms with Crippen LogP contribution in [-0.2, 0) is 6.42 Å². The zero-order valence-electron chi connectivity index (χ0n) is 12.9. The summed E-state index contributed by atoms with van der Waals surface area (Å²) in [6.45, 7) is 1.69. The van der Waals surface area contributed by atoms with Crippen molar-refractivity contribution in [2.45, 2.75) is 12.3 Å². The maximum atomic E-state index is 11.4. The summed E-state index contributed by atoms with van der Waals surface area (Å²) in [4.78, 5) is 11.4. The molecule has 0 spiro atoms. The predicted molar refractivity (Wildman–Crippen MR) is 92.1 cm³/mol. The van der Waals surface area contributed by atoms with Crippen LogP contribution in [0, 0.1) is 0 Å². The molecule has 0 fully saturated rings. The summed E-state index contributed by atoms with van der Waals surface area (Å²) in [5.41, 5.74) is 3.69. The van der Waals surface area contributed by atoms with E-state index >= 15 is 0 Å². The number of carbonyl (C=O) groups is 1. The van der Waals surface area contributed by atoms with Gasteiger partial charge < -0.3 is 15.2 Å². The van der Waals surface area contributed by atoms with Gasteiger partial charge in [0, 0.05) is 12.5 Å². The molecule has 1 aliphatic heterocycles. The molecule has 1 aliphatic rings. The van der Waals surface area contributed by atoms with Crippen molar-refractivity contribution in [3.63, 3.8) is 0 Å². The lowest BCUT2D eigenvalue weighted by Crippen LogP contribution is -2.20. The number of nitrogens with one attached hydrogen (secondary N) is 1. The first-order chi connectivity index (χ1) is 10.7. The Morgan fingerprint density at radius 1 is 1.26 bits per heavy atom. The first-order valence-corrected chi connectivity index (χ1v) is 7.40.